The zero-order valence-electron chi connectivity index (χ0n) is 18.8. The van der Waals surface area contributed by atoms with E-state index in [0.29, 0.717) is 22.8 Å². The Bertz CT molecular complexity index is 1120. The van der Waals surface area contributed by atoms with E-state index in [0.717, 1.165) is 4.57 Å². The average molecular weight is 506 g/mol. The van der Waals surface area contributed by atoms with Gasteiger partial charge < -0.3 is 38.9 Å². The van der Waals surface area contributed by atoms with Gasteiger partial charge in [0.1, 0.15) is 18.1 Å². The molecule has 14 nitrogen and oxygen atoms in total. The van der Waals surface area contributed by atoms with Gasteiger partial charge in [0.25, 0.3) is 5.56 Å². The van der Waals surface area contributed by atoms with Gasteiger partial charge >= 0.3 is 13.5 Å². The molecular formula is C19H27N2O12P. The summed E-state index contributed by atoms with van der Waals surface area (Å²) in [7, 11) is -0.163. The van der Waals surface area contributed by atoms with Crippen LogP contribution in [0.25, 0.3) is 0 Å². The van der Waals surface area contributed by atoms with Gasteiger partial charge in [0.05, 0.1) is 34.0 Å². The SMILES string of the molecule is COc1cc(O)cc(OC)c1OC.Cc1cn([C@H]2C[C@H](O)[C@@H](COP(=O)(O)O)O2)c(=O)[nH]c1=O. The number of nitrogens with zero attached hydrogens (tertiary/aromatic N) is 1. The second-order valence-corrected chi connectivity index (χ2v) is 8.32. The van der Waals surface area contributed by atoms with E-state index >= 15 is 0 Å². The van der Waals surface area contributed by atoms with E-state index < -0.39 is 44.1 Å². The number of aromatic hydroxyl groups is 1. The minimum Gasteiger partial charge on any atom is -0.508 e. The molecule has 0 radical (unpaired) electrons. The van der Waals surface area contributed by atoms with Crippen LogP contribution in [0.3, 0.4) is 0 Å². The number of aryl methyl sites for hydroxylation is 1. The number of methoxy groups -OCH3 is 3. The molecule has 0 bridgehead atoms. The third-order valence-electron chi connectivity index (χ3n) is 4.72. The Morgan fingerprint density at radius 1 is 1.15 bits per heavy atom. The lowest BCUT2D eigenvalue weighted by Gasteiger charge is -2.16. The lowest BCUT2D eigenvalue weighted by Crippen LogP contribution is -2.33. The predicted molar refractivity (Wildman–Crippen MR) is 116 cm³/mol. The standard InChI is InChI=1S/C10H15N2O8P.C9H12O4/c1-5-3-12(10(15)11-9(5)14)8-2-6(13)7(20-8)4-19-21(16,17)18;1-11-7-4-6(10)5-8(12-2)9(7)13-3/h3,6-8,13H,2,4H2,1H3,(H,11,14,15)(H2,16,17,18);4-5,10H,1-3H3/t6-,7+,8+;/m0./s1. The Hall–Kier alpha value is -2.87. The summed E-state index contributed by atoms with van der Waals surface area (Å²) in [5.41, 5.74) is -0.918. The zero-order chi connectivity index (χ0) is 25.6. The summed E-state index contributed by atoms with van der Waals surface area (Å²) in [6.45, 7) is 0.994. The van der Waals surface area contributed by atoms with Crippen LogP contribution in [-0.2, 0) is 13.8 Å². The highest BCUT2D eigenvalue weighted by atomic mass is 31.2. The van der Waals surface area contributed by atoms with Crippen LogP contribution >= 0.6 is 7.82 Å². The summed E-state index contributed by atoms with van der Waals surface area (Å²) in [4.78, 5) is 42.3. The highest BCUT2D eigenvalue weighted by Crippen LogP contribution is 2.40. The summed E-state index contributed by atoms with van der Waals surface area (Å²) in [6.07, 6.45) is -1.57. The number of phenols is 1. The first kappa shape index (κ1) is 27.4. The Labute approximate surface area is 193 Å². The van der Waals surface area contributed by atoms with Crippen molar-refractivity contribution in [2.75, 3.05) is 27.9 Å². The van der Waals surface area contributed by atoms with Gasteiger partial charge in [-0.2, -0.15) is 0 Å². The van der Waals surface area contributed by atoms with E-state index in [1.165, 1.54) is 46.6 Å². The van der Waals surface area contributed by atoms with Gasteiger partial charge in [0, 0.05) is 30.3 Å². The molecule has 2 heterocycles. The third kappa shape index (κ3) is 7.06. The number of aromatic nitrogens is 2. The molecule has 0 amide bonds. The van der Waals surface area contributed by atoms with Gasteiger partial charge in [-0.25, -0.2) is 9.36 Å². The number of H-pyrrole nitrogens is 1. The molecule has 1 aromatic carbocycles. The normalized spacial score (nSPS) is 19.8. The third-order valence-corrected chi connectivity index (χ3v) is 5.20. The molecule has 1 saturated heterocycles. The van der Waals surface area contributed by atoms with E-state index in [1.54, 1.807) is 0 Å². The summed E-state index contributed by atoms with van der Waals surface area (Å²) in [5.74, 6) is 1.44. The van der Waals surface area contributed by atoms with Crippen molar-refractivity contribution in [2.24, 2.45) is 0 Å². The Kier molecular flexibility index (Phi) is 9.27. The number of aromatic amines is 1. The number of phosphoric ester groups is 1. The van der Waals surface area contributed by atoms with Crippen molar-refractivity contribution in [3.63, 3.8) is 0 Å². The maximum atomic E-state index is 11.7. The maximum absolute atomic E-state index is 11.7. The van der Waals surface area contributed by atoms with Crippen molar-refractivity contribution in [3.05, 3.63) is 44.7 Å². The average Bonchev–Trinajstić information content (AvgIpc) is 3.14. The first-order valence-corrected chi connectivity index (χ1v) is 11.3. The molecule has 0 spiro atoms. The number of benzene rings is 1. The maximum Gasteiger partial charge on any atom is 0.469 e. The van der Waals surface area contributed by atoms with Crippen molar-refractivity contribution in [2.45, 2.75) is 31.8 Å². The molecule has 0 aliphatic carbocycles. The number of nitrogens with one attached hydrogen (secondary N) is 1. The van der Waals surface area contributed by atoms with Crippen molar-refractivity contribution < 1.29 is 48.0 Å². The van der Waals surface area contributed by atoms with Gasteiger partial charge in [-0.05, 0) is 6.92 Å². The number of phosphoric acid groups is 1. The summed E-state index contributed by atoms with van der Waals surface area (Å²) >= 11 is 0. The fourth-order valence-corrected chi connectivity index (χ4v) is 3.41. The number of hydrogen-bond donors (Lipinski definition) is 5. The number of hydrogen-bond acceptors (Lipinski definition) is 10. The van der Waals surface area contributed by atoms with Gasteiger partial charge in [-0.15, -0.1) is 0 Å². The number of aliphatic hydroxyl groups is 1. The lowest BCUT2D eigenvalue weighted by molar-refractivity contribution is -0.0451. The minimum absolute atomic E-state index is 0.0283. The summed E-state index contributed by atoms with van der Waals surface area (Å²) in [5, 5.41) is 19.0. The number of ether oxygens (including phenoxy) is 4. The van der Waals surface area contributed by atoms with Crippen molar-refractivity contribution in [3.8, 4) is 23.0 Å². The van der Waals surface area contributed by atoms with Crippen LogP contribution in [0.1, 0.15) is 18.2 Å². The van der Waals surface area contributed by atoms with Crippen LogP contribution in [0.2, 0.25) is 0 Å². The molecular weight excluding hydrogens is 479 g/mol. The van der Waals surface area contributed by atoms with Crippen LogP contribution in [0.4, 0.5) is 0 Å². The minimum atomic E-state index is -4.67. The Morgan fingerprint density at radius 2 is 1.74 bits per heavy atom. The summed E-state index contributed by atoms with van der Waals surface area (Å²) in [6, 6.07) is 2.92. The Morgan fingerprint density at radius 3 is 2.24 bits per heavy atom. The molecule has 1 fully saturated rings. The molecule has 1 aliphatic rings. The highest BCUT2D eigenvalue weighted by Gasteiger charge is 2.37. The molecule has 34 heavy (non-hydrogen) atoms. The first-order valence-electron chi connectivity index (χ1n) is 9.74. The Balaban J connectivity index is 0.000000270. The van der Waals surface area contributed by atoms with Crippen LogP contribution in [0, 0.1) is 6.92 Å². The van der Waals surface area contributed by atoms with Crippen LogP contribution in [-0.4, -0.2) is 69.7 Å². The van der Waals surface area contributed by atoms with Crippen molar-refractivity contribution >= 4 is 7.82 Å². The molecule has 2 aromatic rings. The molecule has 1 aliphatic heterocycles. The molecule has 1 aromatic heterocycles. The fourth-order valence-electron chi connectivity index (χ4n) is 3.07. The van der Waals surface area contributed by atoms with E-state index in [2.05, 4.69) is 9.51 Å². The van der Waals surface area contributed by atoms with E-state index in [1.807, 2.05) is 0 Å². The predicted octanol–water partition coefficient (Wildman–Crippen LogP) is 0.0207. The quantitative estimate of drug-likeness (QED) is 0.316. The number of phenolic OH excluding ortho intramolecular Hbond substituents is 1. The molecule has 3 atom stereocenters. The van der Waals surface area contributed by atoms with Crippen molar-refractivity contribution in [1.82, 2.24) is 9.55 Å². The van der Waals surface area contributed by atoms with E-state index in [4.69, 9.17) is 28.7 Å². The van der Waals surface area contributed by atoms with E-state index in [-0.39, 0.29) is 12.2 Å². The first-order chi connectivity index (χ1) is 15.9. The van der Waals surface area contributed by atoms with Crippen molar-refractivity contribution in [1.29, 1.82) is 0 Å². The zero-order valence-corrected chi connectivity index (χ0v) is 19.7. The second-order valence-electron chi connectivity index (χ2n) is 7.08. The smallest absolute Gasteiger partial charge is 0.469 e. The number of aliphatic hydroxyl groups excluding tert-OH is 1. The summed E-state index contributed by atoms with van der Waals surface area (Å²) < 4.78 is 36.4. The van der Waals surface area contributed by atoms with Crippen LogP contribution in [0.5, 0.6) is 23.0 Å². The molecule has 15 heteroatoms. The molecule has 0 saturated carbocycles. The number of rotatable bonds is 7. The lowest BCUT2D eigenvalue weighted by atomic mass is 10.2. The van der Waals surface area contributed by atoms with Gasteiger partial charge in [0.2, 0.25) is 5.75 Å². The van der Waals surface area contributed by atoms with Crippen LogP contribution in [0.15, 0.2) is 27.9 Å². The second kappa shape index (κ2) is 11.5. The highest BCUT2D eigenvalue weighted by molar-refractivity contribution is 7.46. The largest absolute Gasteiger partial charge is 0.508 e. The topological polar surface area (TPSA) is 199 Å². The molecule has 0 unspecified atom stereocenters. The van der Waals surface area contributed by atoms with Crippen LogP contribution < -0.4 is 25.5 Å². The van der Waals surface area contributed by atoms with E-state index in [9.17, 15) is 24.4 Å². The molecule has 5 N–H and O–H groups in total. The van der Waals surface area contributed by atoms with Gasteiger partial charge in [-0.1, -0.05) is 0 Å². The molecule has 190 valence electrons. The van der Waals surface area contributed by atoms with Gasteiger partial charge in [-0.3, -0.25) is 18.9 Å². The molecule has 3 rings (SSSR count). The fraction of sp³-hybridized carbons (Fsp3) is 0.474. The van der Waals surface area contributed by atoms with Gasteiger partial charge in [0.15, 0.2) is 11.5 Å². The monoisotopic (exact) mass is 506 g/mol.